The van der Waals surface area contributed by atoms with Gasteiger partial charge in [-0.3, -0.25) is 4.79 Å². The van der Waals surface area contributed by atoms with Crippen LogP contribution in [0, 0.1) is 0 Å². The van der Waals surface area contributed by atoms with E-state index in [0.29, 0.717) is 27.0 Å². The molecule has 0 aromatic heterocycles. The first kappa shape index (κ1) is 13.5. The average Bonchev–Trinajstić information content (AvgIpc) is 3.06. The van der Waals surface area contributed by atoms with Crippen molar-refractivity contribution >= 4 is 39.1 Å². The van der Waals surface area contributed by atoms with Gasteiger partial charge in [-0.05, 0) is 47.8 Å². The first-order valence-corrected chi connectivity index (χ1v) is 6.86. The van der Waals surface area contributed by atoms with Gasteiger partial charge in [0.25, 0.3) is 5.91 Å². The molecule has 1 aromatic carbocycles. The van der Waals surface area contributed by atoms with E-state index in [1.54, 1.807) is 19.1 Å². The number of hydrogen-bond donors (Lipinski definition) is 2. The Morgan fingerprint density at radius 2 is 2.28 bits per heavy atom. The molecule has 3 N–H and O–H groups in total. The Kier molecular flexibility index (Phi) is 4.02. The van der Waals surface area contributed by atoms with Crippen LogP contribution in [0.4, 0.5) is 5.69 Å². The third kappa shape index (κ3) is 3.29. The quantitative estimate of drug-likeness (QED) is 0.833. The maximum Gasteiger partial charge on any atom is 0.260 e. The third-order valence-corrected chi connectivity index (χ3v) is 3.43. The molecule has 1 aliphatic carbocycles. The maximum absolute atomic E-state index is 11.8. The Morgan fingerprint density at radius 3 is 2.83 bits per heavy atom. The van der Waals surface area contributed by atoms with Gasteiger partial charge in [-0.2, -0.15) is 0 Å². The van der Waals surface area contributed by atoms with Crippen molar-refractivity contribution < 1.29 is 9.53 Å². The summed E-state index contributed by atoms with van der Waals surface area (Å²) in [6.07, 6.45) is 1.50. The summed E-state index contributed by atoms with van der Waals surface area (Å²) in [5.41, 5.74) is 6.22. The predicted molar refractivity (Wildman–Crippen MR) is 74.8 cm³/mol. The fourth-order valence-electron chi connectivity index (χ4n) is 1.48. The predicted octanol–water partition coefficient (Wildman–Crippen LogP) is 2.73. The zero-order valence-corrected chi connectivity index (χ0v) is 12.2. The topological polar surface area (TPSA) is 64.3 Å². The van der Waals surface area contributed by atoms with Gasteiger partial charge >= 0.3 is 0 Å². The first-order chi connectivity index (χ1) is 8.47. The average molecular weight is 334 g/mol. The van der Waals surface area contributed by atoms with Gasteiger partial charge < -0.3 is 15.8 Å². The summed E-state index contributed by atoms with van der Waals surface area (Å²) < 4.78 is 6.22. The number of nitrogens with one attached hydrogen (secondary N) is 1. The van der Waals surface area contributed by atoms with Crippen LogP contribution in [0.25, 0.3) is 0 Å². The lowest BCUT2D eigenvalue weighted by atomic mass is 10.3. The Bertz CT molecular complexity index is 454. The highest BCUT2D eigenvalue weighted by Crippen LogP contribution is 2.35. The van der Waals surface area contributed by atoms with Crippen LogP contribution in [0.5, 0.6) is 5.75 Å². The molecule has 0 bridgehead atoms. The van der Waals surface area contributed by atoms with Crippen LogP contribution in [0.1, 0.15) is 19.8 Å². The van der Waals surface area contributed by atoms with Gasteiger partial charge in [0.05, 0.1) is 10.2 Å². The number of nitrogen functional groups attached to an aromatic ring is 1. The number of carbonyl (C=O) groups excluding carboxylic acids is 1. The summed E-state index contributed by atoms with van der Waals surface area (Å²) in [6, 6.07) is 3.58. The minimum Gasteiger partial charge on any atom is -0.478 e. The molecule has 1 amide bonds. The normalized spacial score (nSPS) is 16.2. The second-order valence-electron chi connectivity index (χ2n) is 4.35. The van der Waals surface area contributed by atoms with Crippen molar-refractivity contribution in [2.45, 2.75) is 31.9 Å². The van der Waals surface area contributed by atoms with Crippen molar-refractivity contribution in [2.75, 3.05) is 5.73 Å². The third-order valence-electron chi connectivity index (χ3n) is 2.62. The van der Waals surface area contributed by atoms with Crippen LogP contribution < -0.4 is 15.8 Å². The molecule has 0 radical (unpaired) electrons. The van der Waals surface area contributed by atoms with Gasteiger partial charge in [0.1, 0.15) is 0 Å². The molecule has 0 saturated heterocycles. The van der Waals surface area contributed by atoms with Crippen molar-refractivity contribution in [3.05, 3.63) is 21.6 Å². The molecule has 6 heteroatoms. The number of hydrogen-bond acceptors (Lipinski definition) is 3. The lowest BCUT2D eigenvalue weighted by Crippen LogP contribution is -2.37. The monoisotopic (exact) mass is 332 g/mol. The summed E-state index contributed by atoms with van der Waals surface area (Å²) in [6.45, 7) is 1.69. The number of ether oxygens (including phenoxy) is 1. The van der Waals surface area contributed by atoms with E-state index >= 15 is 0 Å². The van der Waals surface area contributed by atoms with Crippen LogP contribution in [0.15, 0.2) is 16.6 Å². The van der Waals surface area contributed by atoms with Gasteiger partial charge in [-0.15, -0.1) is 0 Å². The van der Waals surface area contributed by atoms with Crippen molar-refractivity contribution in [3.8, 4) is 5.75 Å². The molecule has 1 unspecified atom stereocenters. The van der Waals surface area contributed by atoms with E-state index in [0.717, 1.165) is 12.8 Å². The number of anilines is 1. The number of nitrogens with two attached hydrogens (primary N) is 1. The lowest BCUT2D eigenvalue weighted by molar-refractivity contribution is -0.127. The van der Waals surface area contributed by atoms with Crippen LogP contribution in [0.3, 0.4) is 0 Å². The Labute approximate surface area is 119 Å². The molecule has 98 valence electrons. The molecule has 18 heavy (non-hydrogen) atoms. The molecule has 4 nitrogen and oxygen atoms in total. The highest BCUT2D eigenvalue weighted by atomic mass is 79.9. The Hall–Kier alpha value is -0.940. The molecule has 0 spiro atoms. The van der Waals surface area contributed by atoms with E-state index in [-0.39, 0.29) is 5.91 Å². The molecule has 0 aliphatic heterocycles. The smallest absolute Gasteiger partial charge is 0.260 e. The molecule has 1 saturated carbocycles. The van der Waals surface area contributed by atoms with E-state index in [2.05, 4.69) is 21.2 Å². The number of amides is 1. The zero-order chi connectivity index (χ0) is 13.3. The van der Waals surface area contributed by atoms with Crippen molar-refractivity contribution in [1.29, 1.82) is 0 Å². The largest absolute Gasteiger partial charge is 0.478 e. The molecule has 1 atom stereocenters. The SMILES string of the molecule is CC(Oc1c(N)cc(Cl)cc1Br)C(=O)NC1CC1. The lowest BCUT2D eigenvalue weighted by Gasteiger charge is -2.17. The van der Waals surface area contributed by atoms with E-state index in [9.17, 15) is 4.79 Å². The van der Waals surface area contributed by atoms with Crippen LogP contribution in [0.2, 0.25) is 5.02 Å². The first-order valence-electron chi connectivity index (χ1n) is 5.69. The van der Waals surface area contributed by atoms with Crippen LogP contribution in [-0.2, 0) is 4.79 Å². The zero-order valence-electron chi connectivity index (χ0n) is 9.87. The van der Waals surface area contributed by atoms with Gasteiger partial charge in [0.2, 0.25) is 0 Å². The van der Waals surface area contributed by atoms with E-state index < -0.39 is 6.10 Å². The summed E-state index contributed by atoms with van der Waals surface area (Å²) >= 11 is 9.17. The minimum atomic E-state index is -0.592. The minimum absolute atomic E-state index is 0.126. The summed E-state index contributed by atoms with van der Waals surface area (Å²) in [4.78, 5) is 11.8. The molecule has 0 heterocycles. The fourth-order valence-corrected chi connectivity index (χ4v) is 2.41. The second-order valence-corrected chi connectivity index (χ2v) is 5.64. The van der Waals surface area contributed by atoms with E-state index in [4.69, 9.17) is 22.1 Å². The molecule has 1 aromatic rings. The molecule has 1 fully saturated rings. The van der Waals surface area contributed by atoms with Crippen molar-refractivity contribution in [1.82, 2.24) is 5.32 Å². The van der Waals surface area contributed by atoms with Gasteiger partial charge in [0.15, 0.2) is 11.9 Å². The van der Waals surface area contributed by atoms with Crippen molar-refractivity contribution in [2.24, 2.45) is 0 Å². The molecular weight excluding hydrogens is 320 g/mol. The maximum atomic E-state index is 11.8. The summed E-state index contributed by atoms with van der Waals surface area (Å²) in [5.74, 6) is 0.316. The number of rotatable bonds is 4. The number of carbonyl (C=O) groups is 1. The highest BCUT2D eigenvalue weighted by molar-refractivity contribution is 9.10. The number of benzene rings is 1. The standard InChI is InChI=1S/C12H14BrClN2O2/c1-6(12(17)16-8-2-3-8)18-11-9(13)4-7(14)5-10(11)15/h4-6,8H,2-3,15H2,1H3,(H,16,17). The van der Waals surface area contributed by atoms with Crippen LogP contribution in [-0.4, -0.2) is 18.1 Å². The summed E-state index contributed by atoms with van der Waals surface area (Å²) in [5, 5.41) is 3.39. The highest BCUT2D eigenvalue weighted by Gasteiger charge is 2.27. The Morgan fingerprint density at radius 1 is 1.61 bits per heavy atom. The molecule has 2 rings (SSSR count). The second kappa shape index (κ2) is 5.36. The van der Waals surface area contributed by atoms with Crippen LogP contribution >= 0.6 is 27.5 Å². The Balaban J connectivity index is 2.05. The molecule has 1 aliphatic rings. The fraction of sp³-hybridized carbons (Fsp3) is 0.417. The number of halogens is 2. The van der Waals surface area contributed by atoms with E-state index in [1.807, 2.05) is 0 Å². The van der Waals surface area contributed by atoms with Gasteiger partial charge in [0, 0.05) is 11.1 Å². The van der Waals surface area contributed by atoms with E-state index in [1.165, 1.54) is 0 Å². The van der Waals surface area contributed by atoms with Crippen molar-refractivity contribution in [3.63, 3.8) is 0 Å². The molecular formula is C12H14BrClN2O2. The van der Waals surface area contributed by atoms with Gasteiger partial charge in [-0.25, -0.2) is 0 Å². The summed E-state index contributed by atoms with van der Waals surface area (Å²) in [7, 11) is 0. The van der Waals surface area contributed by atoms with Gasteiger partial charge in [-0.1, -0.05) is 11.6 Å².